The molecule has 2 aliphatic rings. The fourth-order valence-electron chi connectivity index (χ4n) is 4.53. The SMILES string of the molecule is CCOC(=O)c1cn2c(cc1=O)-c1cc(Cl)c(OCCCOC)cc1C1CC(CO)(CO)N12. The molecule has 1 unspecified atom stereocenters. The molecular formula is C23H27ClN2O7. The number of benzene rings is 1. The minimum atomic E-state index is -0.947. The van der Waals surface area contributed by atoms with E-state index in [9.17, 15) is 19.8 Å². The van der Waals surface area contributed by atoms with Crippen molar-refractivity contribution in [1.82, 2.24) is 4.68 Å². The first-order valence-electron chi connectivity index (χ1n) is 10.8. The van der Waals surface area contributed by atoms with Crippen molar-refractivity contribution in [3.63, 3.8) is 0 Å². The highest BCUT2D eigenvalue weighted by atomic mass is 35.5. The predicted molar refractivity (Wildman–Crippen MR) is 122 cm³/mol. The summed E-state index contributed by atoms with van der Waals surface area (Å²) in [5, 5.41) is 22.4. The predicted octanol–water partition coefficient (Wildman–Crippen LogP) is 1.88. The van der Waals surface area contributed by atoms with E-state index in [2.05, 4.69) is 0 Å². The lowest BCUT2D eigenvalue weighted by Crippen LogP contribution is -2.71. The Morgan fingerprint density at radius 1 is 1.24 bits per heavy atom. The number of hydrogen-bond donors (Lipinski definition) is 2. The van der Waals surface area contributed by atoms with Crippen molar-refractivity contribution in [2.24, 2.45) is 0 Å². The molecule has 0 amide bonds. The van der Waals surface area contributed by atoms with E-state index in [0.29, 0.717) is 42.5 Å². The minimum absolute atomic E-state index is 0.122. The maximum atomic E-state index is 12.8. The number of aliphatic hydroxyl groups excluding tert-OH is 2. The lowest BCUT2D eigenvalue weighted by Gasteiger charge is -2.61. The number of pyridine rings is 1. The summed E-state index contributed by atoms with van der Waals surface area (Å²) in [4.78, 5) is 25.1. The number of aromatic nitrogens is 1. The molecule has 1 aromatic carbocycles. The first kappa shape index (κ1) is 23.6. The van der Waals surface area contributed by atoms with Crippen LogP contribution in [0.15, 0.2) is 29.2 Å². The number of hydrogen-bond acceptors (Lipinski definition) is 8. The van der Waals surface area contributed by atoms with Crippen LogP contribution in [0.4, 0.5) is 0 Å². The molecule has 4 rings (SSSR count). The molecule has 2 aromatic rings. The van der Waals surface area contributed by atoms with Gasteiger partial charge in [-0.1, -0.05) is 11.6 Å². The Morgan fingerprint density at radius 2 is 2.00 bits per heavy atom. The van der Waals surface area contributed by atoms with Gasteiger partial charge in [0.15, 0.2) is 5.43 Å². The van der Waals surface area contributed by atoms with Crippen molar-refractivity contribution in [2.45, 2.75) is 31.3 Å². The van der Waals surface area contributed by atoms with Crippen molar-refractivity contribution < 1.29 is 29.2 Å². The van der Waals surface area contributed by atoms with Gasteiger partial charge in [0.05, 0.1) is 43.2 Å². The van der Waals surface area contributed by atoms with Crippen LogP contribution in [0.1, 0.15) is 41.7 Å². The number of ether oxygens (including phenoxy) is 3. The zero-order valence-electron chi connectivity index (χ0n) is 18.5. The van der Waals surface area contributed by atoms with Crippen molar-refractivity contribution in [1.29, 1.82) is 0 Å². The van der Waals surface area contributed by atoms with E-state index < -0.39 is 16.9 Å². The quantitative estimate of drug-likeness (QED) is 0.415. The summed E-state index contributed by atoms with van der Waals surface area (Å²) >= 11 is 6.50. The summed E-state index contributed by atoms with van der Waals surface area (Å²) in [6, 6.07) is 4.72. The topological polar surface area (TPSA) is 110 Å². The van der Waals surface area contributed by atoms with Gasteiger partial charge in [-0.05, 0) is 24.6 Å². The van der Waals surface area contributed by atoms with Crippen molar-refractivity contribution in [3.8, 4) is 17.0 Å². The minimum Gasteiger partial charge on any atom is -0.492 e. The van der Waals surface area contributed by atoms with Crippen molar-refractivity contribution in [3.05, 3.63) is 50.8 Å². The zero-order chi connectivity index (χ0) is 23.8. The van der Waals surface area contributed by atoms with Gasteiger partial charge in [0, 0.05) is 44.4 Å². The van der Waals surface area contributed by atoms with Gasteiger partial charge in [0.25, 0.3) is 0 Å². The third kappa shape index (κ3) is 3.89. The summed E-state index contributed by atoms with van der Waals surface area (Å²) in [5.74, 6) is -0.215. The van der Waals surface area contributed by atoms with E-state index >= 15 is 0 Å². The van der Waals surface area contributed by atoms with Crippen LogP contribution in [0.25, 0.3) is 11.3 Å². The standard InChI is InChI=1S/C23H27ClN2O7/c1-3-32-22(30)16-11-25-18(9-20(16)29)14-7-17(24)21(33-6-4-5-31-2)8-15(14)19-10-23(12-27,13-28)26(19)25/h7-9,11,19,27-28H,3-6,10,12-13H2,1-2H3. The fourth-order valence-corrected chi connectivity index (χ4v) is 4.75. The zero-order valence-corrected chi connectivity index (χ0v) is 19.3. The maximum absolute atomic E-state index is 12.8. The molecule has 2 aliphatic heterocycles. The first-order valence-corrected chi connectivity index (χ1v) is 11.2. The van der Waals surface area contributed by atoms with Crippen LogP contribution < -0.4 is 15.2 Å². The van der Waals surface area contributed by atoms with Gasteiger partial charge in [-0.2, -0.15) is 0 Å². The molecular weight excluding hydrogens is 452 g/mol. The average molecular weight is 479 g/mol. The number of halogens is 1. The Balaban J connectivity index is 1.83. The molecule has 0 spiro atoms. The van der Waals surface area contributed by atoms with Gasteiger partial charge < -0.3 is 24.4 Å². The highest BCUT2D eigenvalue weighted by Gasteiger charge is 2.55. The molecule has 9 nitrogen and oxygen atoms in total. The van der Waals surface area contributed by atoms with Crippen molar-refractivity contribution >= 4 is 17.6 Å². The summed E-state index contributed by atoms with van der Waals surface area (Å²) in [6.45, 7) is 2.18. The van der Waals surface area contributed by atoms with Gasteiger partial charge in [-0.25, -0.2) is 4.79 Å². The molecule has 0 saturated carbocycles. The number of aliphatic hydroxyl groups is 2. The molecule has 2 N–H and O–H groups in total. The molecule has 0 bridgehead atoms. The molecule has 33 heavy (non-hydrogen) atoms. The van der Waals surface area contributed by atoms with E-state index in [1.54, 1.807) is 29.8 Å². The monoisotopic (exact) mass is 478 g/mol. The Kier molecular flexibility index (Phi) is 6.67. The van der Waals surface area contributed by atoms with Gasteiger partial charge in [-0.3, -0.25) is 14.5 Å². The Hall–Kier alpha value is -2.59. The Labute approximate surface area is 196 Å². The molecule has 0 radical (unpaired) electrons. The molecule has 178 valence electrons. The lowest BCUT2D eigenvalue weighted by molar-refractivity contribution is 0.0183. The largest absolute Gasteiger partial charge is 0.492 e. The van der Waals surface area contributed by atoms with Crippen molar-refractivity contribution in [2.75, 3.05) is 45.2 Å². The maximum Gasteiger partial charge on any atom is 0.343 e. The average Bonchev–Trinajstić information content (AvgIpc) is 2.78. The van der Waals surface area contributed by atoms with Gasteiger partial charge in [-0.15, -0.1) is 0 Å². The molecule has 10 heteroatoms. The normalized spacial score (nSPS) is 17.5. The highest BCUT2D eigenvalue weighted by Crippen LogP contribution is 2.52. The molecule has 3 heterocycles. The first-order chi connectivity index (χ1) is 15.9. The highest BCUT2D eigenvalue weighted by molar-refractivity contribution is 6.32. The second kappa shape index (κ2) is 9.34. The van der Waals surface area contributed by atoms with Crippen LogP contribution in [0.2, 0.25) is 5.02 Å². The number of carbonyl (C=O) groups excluding carboxylic acids is 1. The number of nitrogens with zero attached hydrogens (tertiary/aromatic N) is 2. The number of rotatable bonds is 9. The van der Waals surface area contributed by atoms with E-state index in [4.69, 9.17) is 25.8 Å². The summed E-state index contributed by atoms with van der Waals surface area (Å²) in [6.07, 6.45) is 2.58. The van der Waals surface area contributed by atoms with Crippen LogP contribution in [-0.4, -0.2) is 66.5 Å². The number of esters is 1. The third-order valence-electron chi connectivity index (χ3n) is 6.19. The van der Waals surface area contributed by atoms with Crippen LogP contribution in [0.3, 0.4) is 0 Å². The van der Waals surface area contributed by atoms with Gasteiger partial charge >= 0.3 is 5.97 Å². The van der Waals surface area contributed by atoms with E-state index in [1.165, 1.54) is 12.3 Å². The fraction of sp³-hybridized carbons (Fsp3) is 0.478. The third-order valence-corrected chi connectivity index (χ3v) is 6.49. The number of fused-ring (bicyclic) bond motifs is 6. The Morgan fingerprint density at radius 3 is 2.67 bits per heavy atom. The van der Waals surface area contributed by atoms with Crippen LogP contribution in [0, 0.1) is 0 Å². The van der Waals surface area contributed by atoms with Crippen LogP contribution in [-0.2, 0) is 9.47 Å². The second-order valence-electron chi connectivity index (χ2n) is 8.17. The summed E-state index contributed by atoms with van der Waals surface area (Å²) in [7, 11) is 1.62. The number of carbonyl (C=O) groups is 1. The molecule has 1 fully saturated rings. The molecule has 1 saturated heterocycles. The van der Waals surface area contributed by atoms with E-state index in [-0.39, 0.29) is 31.4 Å². The summed E-state index contributed by atoms with van der Waals surface area (Å²) in [5.41, 5.74) is 0.530. The molecule has 1 aromatic heterocycles. The molecule has 0 aliphatic carbocycles. The van der Waals surface area contributed by atoms with Crippen LogP contribution >= 0.6 is 11.6 Å². The smallest absolute Gasteiger partial charge is 0.343 e. The van der Waals surface area contributed by atoms with Gasteiger partial charge in [0.2, 0.25) is 0 Å². The Bertz CT molecular complexity index is 1110. The second-order valence-corrected chi connectivity index (χ2v) is 8.58. The molecule has 1 atom stereocenters. The number of methoxy groups -OCH3 is 1. The van der Waals surface area contributed by atoms with Gasteiger partial charge in [0.1, 0.15) is 16.9 Å². The summed E-state index contributed by atoms with van der Waals surface area (Å²) < 4.78 is 17.6. The van der Waals surface area contributed by atoms with E-state index in [0.717, 1.165) is 11.1 Å². The van der Waals surface area contributed by atoms with E-state index in [1.807, 2.05) is 6.07 Å². The van der Waals surface area contributed by atoms with Crippen LogP contribution in [0.5, 0.6) is 5.75 Å². The lowest BCUT2D eigenvalue weighted by atomic mass is 9.75.